The van der Waals surface area contributed by atoms with Gasteiger partial charge in [-0.15, -0.1) is 0 Å². The van der Waals surface area contributed by atoms with Crippen molar-refractivity contribution in [3.05, 3.63) is 52.0 Å². The summed E-state index contributed by atoms with van der Waals surface area (Å²) in [5.41, 5.74) is 0.852. The summed E-state index contributed by atoms with van der Waals surface area (Å²) in [6, 6.07) is 5.24. The number of nitrogens with one attached hydrogen (secondary N) is 1. The predicted octanol–water partition coefficient (Wildman–Crippen LogP) is 3.49. The standard InChI is InChI=1S/C16H19Cl2N3O/c1-11(10-21-6-5-19-12(21)2)9-20-16(22)8-13-3-4-14(17)15(18)7-13/h3-7,11H,8-10H2,1-2H3,(H,20,22). The Labute approximate surface area is 140 Å². The zero-order valence-corrected chi connectivity index (χ0v) is 14.2. The Morgan fingerprint density at radius 2 is 2.14 bits per heavy atom. The molecule has 1 heterocycles. The summed E-state index contributed by atoms with van der Waals surface area (Å²) in [6.45, 7) is 5.52. The number of benzene rings is 1. The zero-order valence-electron chi connectivity index (χ0n) is 12.6. The molecule has 2 rings (SSSR count). The fraction of sp³-hybridized carbons (Fsp3) is 0.375. The second-order valence-electron chi connectivity index (χ2n) is 5.46. The van der Waals surface area contributed by atoms with Crippen molar-refractivity contribution in [1.82, 2.24) is 14.9 Å². The molecule has 0 aliphatic carbocycles. The molecule has 1 N–H and O–H groups in total. The number of aromatic nitrogens is 2. The van der Waals surface area contributed by atoms with Gasteiger partial charge in [0, 0.05) is 25.5 Å². The molecule has 1 atom stereocenters. The summed E-state index contributed by atoms with van der Waals surface area (Å²) in [5, 5.41) is 3.91. The van der Waals surface area contributed by atoms with E-state index < -0.39 is 0 Å². The Hall–Kier alpha value is -1.52. The molecule has 0 spiro atoms. The molecule has 4 nitrogen and oxygen atoms in total. The number of hydrogen-bond acceptors (Lipinski definition) is 2. The molecule has 118 valence electrons. The van der Waals surface area contributed by atoms with Gasteiger partial charge in [0.25, 0.3) is 0 Å². The number of nitrogens with zero attached hydrogens (tertiary/aromatic N) is 2. The summed E-state index contributed by atoms with van der Waals surface area (Å²) in [7, 11) is 0. The van der Waals surface area contributed by atoms with Crippen LogP contribution < -0.4 is 5.32 Å². The number of hydrogen-bond donors (Lipinski definition) is 1. The van der Waals surface area contributed by atoms with E-state index >= 15 is 0 Å². The smallest absolute Gasteiger partial charge is 0.224 e. The molecule has 1 amide bonds. The number of aryl methyl sites for hydroxylation is 1. The normalized spacial score (nSPS) is 12.2. The first-order chi connectivity index (χ1) is 10.5. The van der Waals surface area contributed by atoms with Gasteiger partial charge in [0.2, 0.25) is 5.91 Å². The first-order valence-electron chi connectivity index (χ1n) is 7.14. The third kappa shape index (κ3) is 4.75. The second kappa shape index (κ2) is 7.65. The van der Waals surface area contributed by atoms with Gasteiger partial charge in [-0.05, 0) is 30.5 Å². The molecule has 0 saturated carbocycles. The summed E-state index contributed by atoms with van der Waals surface area (Å²) >= 11 is 11.8. The third-order valence-electron chi connectivity index (χ3n) is 3.43. The summed E-state index contributed by atoms with van der Waals surface area (Å²) in [5.74, 6) is 1.28. The lowest BCUT2D eigenvalue weighted by atomic mass is 10.1. The molecule has 6 heteroatoms. The number of imidazole rings is 1. The maximum atomic E-state index is 12.0. The van der Waals surface area contributed by atoms with Gasteiger partial charge in [-0.1, -0.05) is 36.2 Å². The fourth-order valence-electron chi connectivity index (χ4n) is 2.18. The van der Waals surface area contributed by atoms with E-state index in [1.54, 1.807) is 18.3 Å². The average molecular weight is 340 g/mol. The number of carbonyl (C=O) groups excluding carboxylic acids is 1. The van der Waals surface area contributed by atoms with Crippen molar-refractivity contribution < 1.29 is 4.79 Å². The van der Waals surface area contributed by atoms with E-state index in [9.17, 15) is 4.79 Å². The molecule has 0 fully saturated rings. The van der Waals surface area contributed by atoms with Crippen LogP contribution in [0.1, 0.15) is 18.3 Å². The van der Waals surface area contributed by atoms with Crippen molar-refractivity contribution in [3.8, 4) is 0 Å². The Balaban J connectivity index is 1.79. The molecule has 0 radical (unpaired) electrons. The van der Waals surface area contributed by atoms with Gasteiger partial charge in [-0.25, -0.2) is 4.98 Å². The van der Waals surface area contributed by atoms with E-state index in [1.165, 1.54) is 0 Å². The molecule has 0 aliphatic heterocycles. The van der Waals surface area contributed by atoms with Crippen molar-refractivity contribution >= 4 is 29.1 Å². The maximum Gasteiger partial charge on any atom is 0.224 e. The van der Waals surface area contributed by atoms with Crippen molar-refractivity contribution in [2.24, 2.45) is 5.92 Å². The molecule has 1 aromatic heterocycles. The molecule has 0 aliphatic rings. The minimum Gasteiger partial charge on any atom is -0.355 e. The highest BCUT2D eigenvalue weighted by Gasteiger charge is 2.09. The van der Waals surface area contributed by atoms with Crippen LogP contribution in [0.5, 0.6) is 0 Å². The Morgan fingerprint density at radius 1 is 1.36 bits per heavy atom. The quantitative estimate of drug-likeness (QED) is 0.875. The topological polar surface area (TPSA) is 46.9 Å². The highest BCUT2D eigenvalue weighted by molar-refractivity contribution is 6.42. The highest BCUT2D eigenvalue weighted by atomic mass is 35.5. The van der Waals surface area contributed by atoms with Crippen LogP contribution >= 0.6 is 23.2 Å². The van der Waals surface area contributed by atoms with Crippen LogP contribution in [0.25, 0.3) is 0 Å². The summed E-state index contributed by atoms with van der Waals surface area (Å²) < 4.78 is 2.08. The van der Waals surface area contributed by atoms with Crippen LogP contribution in [0.4, 0.5) is 0 Å². The second-order valence-corrected chi connectivity index (χ2v) is 6.28. The van der Waals surface area contributed by atoms with Crippen molar-refractivity contribution in [2.45, 2.75) is 26.8 Å². The van der Waals surface area contributed by atoms with Crippen LogP contribution in [-0.4, -0.2) is 22.0 Å². The Kier molecular flexibility index (Phi) is 5.86. The van der Waals surface area contributed by atoms with Gasteiger partial charge in [0.1, 0.15) is 5.82 Å². The van der Waals surface area contributed by atoms with Crippen LogP contribution in [0.2, 0.25) is 10.0 Å². The molecular weight excluding hydrogens is 321 g/mol. The Morgan fingerprint density at radius 3 is 2.77 bits per heavy atom. The molecule has 22 heavy (non-hydrogen) atoms. The largest absolute Gasteiger partial charge is 0.355 e. The maximum absolute atomic E-state index is 12.0. The zero-order chi connectivity index (χ0) is 16.1. The Bertz CT molecular complexity index is 655. The molecule has 0 bridgehead atoms. The van der Waals surface area contributed by atoms with E-state index in [0.717, 1.165) is 17.9 Å². The number of amides is 1. The van der Waals surface area contributed by atoms with Crippen LogP contribution in [0, 0.1) is 12.8 Å². The summed E-state index contributed by atoms with van der Waals surface area (Å²) in [6.07, 6.45) is 4.03. The van der Waals surface area contributed by atoms with Gasteiger partial charge < -0.3 is 9.88 Å². The number of carbonyl (C=O) groups is 1. The van der Waals surface area contributed by atoms with Crippen LogP contribution in [0.15, 0.2) is 30.6 Å². The molecule has 2 aromatic rings. The van der Waals surface area contributed by atoms with E-state index in [-0.39, 0.29) is 5.91 Å². The predicted molar refractivity (Wildman–Crippen MR) is 89.3 cm³/mol. The number of rotatable bonds is 6. The van der Waals surface area contributed by atoms with Crippen molar-refractivity contribution in [2.75, 3.05) is 6.54 Å². The van der Waals surface area contributed by atoms with Crippen molar-refractivity contribution in [3.63, 3.8) is 0 Å². The first-order valence-corrected chi connectivity index (χ1v) is 7.89. The lowest BCUT2D eigenvalue weighted by molar-refractivity contribution is -0.120. The first kappa shape index (κ1) is 16.8. The van der Waals surface area contributed by atoms with E-state index in [1.807, 2.05) is 19.2 Å². The van der Waals surface area contributed by atoms with E-state index in [0.29, 0.717) is 28.9 Å². The third-order valence-corrected chi connectivity index (χ3v) is 4.17. The van der Waals surface area contributed by atoms with Gasteiger partial charge in [0.15, 0.2) is 0 Å². The van der Waals surface area contributed by atoms with Crippen LogP contribution in [0.3, 0.4) is 0 Å². The number of halogens is 2. The molecule has 1 aromatic carbocycles. The average Bonchev–Trinajstić information content (AvgIpc) is 2.86. The van der Waals surface area contributed by atoms with E-state index in [4.69, 9.17) is 23.2 Å². The van der Waals surface area contributed by atoms with Gasteiger partial charge in [-0.2, -0.15) is 0 Å². The fourth-order valence-corrected chi connectivity index (χ4v) is 2.50. The lowest BCUT2D eigenvalue weighted by Crippen LogP contribution is -2.31. The van der Waals surface area contributed by atoms with Gasteiger partial charge in [-0.3, -0.25) is 4.79 Å². The molecule has 0 saturated heterocycles. The van der Waals surface area contributed by atoms with Gasteiger partial charge >= 0.3 is 0 Å². The lowest BCUT2D eigenvalue weighted by Gasteiger charge is -2.14. The van der Waals surface area contributed by atoms with E-state index in [2.05, 4.69) is 21.8 Å². The van der Waals surface area contributed by atoms with Crippen molar-refractivity contribution in [1.29, 1.82) is 0 Å². The minimum absolute atomic E-state index is 0.0207. The molecular formula is C16H19Cl2N3O. The highest BCUT2D eigenvalue weighted by Crippen LogP contribution is 2.22. The SMILES string of the molecule is Cc1nccn1CC(C)CNC(=O)Cc1ccc(Cl)c(Cl)c1. The summed E-state index contributed by atoms with van der Waals surface area (Å²) in [4.78, 5) is 16.2. The molecule has 1 unspecified atom stereocenters. The van der Waals surface area contributed by atoms with Gasteiger partial charge in [0.05, 0.1) is 16.5 Å². The van der Waals surface area contributed by atoms with Crippen LogP contribution in [-0.2, 0) is 17.8 Å². The minimum atomic E-state index is -0.0207. The monoisotopic (exact) mass is 339 g/mol.